The summed E-state index contributed by atoms with van der Waals surface area (Å²) in [6, 6.07) is 7.56. The van der Waals surface area contributed by atoms with Crippen LogP contribution in [0.2, 0.25) is 0 Å². The molecule has 1 heterocycles. The second kappa shape index (κ2) is 10.7. The molecule has 0 saturated carbocycles. The molecule has 144 valence electrons. The number of hydrogen-bond donors (Lipinski definition) is 0. The predicted octanol–water partition coefficient (Wildman–Crippen LogP) is 3.19. The average molecular weight is 363 g/mol. The molecule has 0 spiro atoms. The van der Waals surface area contributed by atoms with Gasteiger partial charge in [-0.2, -0.15) is 0 Å². The van der Waals surface area contributed by atoms with Gasteiger partial charge in [0.15, 0.2) is 6.61 Å². The van der Waals surface area contributed by atoms with E-state index in [-0.39, 0.29) is 30.9 Å². The Morgan fingerprint density at radius 2 is 1.88 bits per heavy atom. The van der Waals surface area contributed by atoms with E-state index in [2.05, 4.69) is 6.92 Å². The van der Waals surface area contributed by atoms with E-state index in [0.29, 0.717) is 13.0 Å². The smallest absolute Gasteiger partial charge is 0.306 e. The fourth-order valence-electron chi connectivity index (χ4n) is 3.13. The highest BCUT2D eigenvalue weighted by Crippen LogP contribution is 2.20. The van der Waals surface area contributed by atoms with Crippen LogP contribution in [0.3, 0.4) is 0 Å². The highest BCUT2D eigenvalue weighted by Gasteiger charge is 2.25. The second-order valence-corrected chi connectivity index (χ2v) is 6.43. The summed E-state index contributed by atoms with van der Waals surface area (Å²) in [6.07, 6.45) is 4.96. The number of likely N-dealkylation sites (tertiary alicyclic amines) is 1. The van der Waals surface area contributed by atoms with E-state index in [1.807, 2.05) is 29.2 Å². The Kier molecular flexibility index (Phi) is 8.25. The summed E-state index contributed by atoms with van der Waals surface area (Å²) < 4.78 is 15.8. The minimum Gasteiger partial charge on any atom is -0.497 e. The van der Waals surface area contributed by atoms with Crippen molar-refractivity contribution >= 4 is 11.9 Å². The monoisotopic (exact) mass is 363 g/mol. The average Bonchev–Trinajstić information content (AvgIpc) is 2.69. The fraction of sp³-hybridized carbons (Fsp3) is 0.600. The number of hydrogen-bond acceptors (Lipinski definition) is 5. The molecule has 1 aromatic carbocycles. The van der Waals surface area contributed by atoms with Gasteiger partial charge in [-0.15, -0.1) is 0 Å². The van der Waals surface area contributed by atoms with Gasteiger partial charge < -0.3 is 19.1 Å². The zero-order valence-electron chi connectivity index (χ0n) is 15.7. The lowest BCUT2D eigenvalue weighted by molar-refractivity contribution is -0.153. The summed E-state index contributed by atoms with van der Waals surface area (Å²) in [6.45, 7) is 3.11. The maximum atomic E-state index is 12.3. The molecule has 1 saturated heterocycles. The first-order chi connectivity index (χ1) is 12.6. The lowest BCUT2D eigenvalue weighted by Crippen LogP contribution is -2.45. The second-order valence-electron chi connectivity index (χ2n) is 6.43. The molecule has 1 amide bonds. The summed E-state index contributed by atoms with van der Waals surface area (Å²) in [5.41, 5.74) is 0. The third kappa shape index (κ3) is 6.24. The number of carbonyl (C=O) groups is 2. The van der Waals surface area contributed by atoms with Gasteiger partial charge in [-0.3, -0.25) is 9.59 Å². The predicted molar refractivity (Wildman–Crippen MR) is 98.3 cm³/mol. The molecule has 6 heteroatoms. The van der Waals surface area contributed by atoms with Gasteiger partial charge in [-0.05, 0) is 56.4 Å². The molecule has 0 aliphatic carbocycles. The summed E-state index contributed by atoms with van der Waals surface area (Å²) in [7, 11) is 1.61. The van der Waals surface area contributed by atoms with Gasteiger partial charge in [0.1, 0.15) is 11.5 Å². The van der Waals surface area contributed by atoms with Crippen LogP contribution < -0.4 is 9.47 Å². The highest BCUT2D eigenvalue weighted by atomic mass is 16.5. The van der Waals surface area contributed by atoms with Crippen LogP contribution in [-0.2, 0) is 14.3 Å². The van der Waals surface area contributed by atoms with Crippen molar-refractivity contribution in [3.8, 4) is 11.5 Å². The van der Waals surface area contributed by atoms with E-state index < -0.39 is 0 Å². The van der Waals surface area contributed by atoms with Crippen LogP contribution in [0.1, 0.15) is 45.4 Å². The van der Waals surface area contributed by atoms with E-state index in [9.17, 15) is 9.59 Å². The van der Waals surface area contributed by atoms with Crippen LogP contribution >= 0.6 is 0 Å². The summed E-state index contributed by atoms with van der Waals surface area (Å²) in [5.74, 6) is 1.05. The lowest BCUT2D eigenvalue weighted by Gasteiger charge is -2.35. The van der Waals surface area contributed by atoms with E-state index >= 15 is 0 Å². The Hall–Kier alpha value is -2.24. The van der Waals surface area contributed by atoms with E-state index in [4.69, 9.17) is 14.2 Å². The summed E-state index contributed by atoms with van der Waals surface area (Å²) >= 11 is 0. The first kappa shape index (κ1) is 20.1. The zero-order valence-corrected chi connectivity index (χ0v) is 15.7. The molecule has 1 aromatic rings. The molecule has 2 rings (SSSR count). The Labute approximate surface area is 155 Å². The number of carbonyl (C=O) groups excluding carboxylic acids is 2. The Morgan fingerprint density at radius 3 is 2.58 bits per heavy atom. The third-order valence-corrected chi connectivity index (χ3v) is 4.63. The minimum atomic E-state index is -0.360. The van der Waals surface area contributed by atoms with E-state index in [0.717, 1.165) is 43.7 Å². The van der Waals surface area contributed by atoms with Crippen LogP contribution in [0, 0.1) is 0 Å². The molecule has 26 heavy (non-hydrogen) atoms. The normalized spacial score (nSPS) is 16.8. The zero-order chi connectivity index (χ0) is 18.8. The minimum absolute atomic E-state index is 0.0839. The van der Waals surface area contributed by atoms with Crippen molar-refractivity contribution in [2.75, 3.05) is 26.9 Å². The molecule has 0 bridgehead atoms. The topological polar surface area (TPSA) is 65.1 Å². The molecule has 1 atom stereocenters. The third-order valence-electron chi connectivity index (χ3n) is 4.63. The standard InChI is InChI=1S/C20H29NO5/c1-3-16-7-4-5-13-21(16)19(22)15-26-20(23)8-6-14-25-18-11-9-17(24-2)10-12-18/h9-12,16H,3-8,13-15H2,1-2H3. The maximum Gasteiger partial charge on any atom is 0.306 e. The molecular formula is C20H29NO5. The molecule has 0 N–H and O–H groups in total. The van der Waals surface area contributed by atoms with Crippen LogP contribution in [0.25, 0.3) is 0 Å². The number of methoxy groups -OCH3 is 1. The van der Waals surface area contributed by atoms with Crippen molar-refractivity contribution in [3.63, 3.8) is 0 Å². The van der Waals surface area contributed by atoms with Crippen molar-refractivity contribution < 1.29 is 23.8 Å². The van der Waals surface area contributed by atoms with Gasteiger partial charge in [-0.1, -0.05) is 6.92 Å². The first-order valence-electron chi connectivity index (χ1n) is 9.36. The number of amides is 1. The molecule has 1 aliphatic rings. The van der Waals surface area contributed by atoms with Crippen LogP contribution in [0.5, 0.6) is 11.5 Å². The van der Waals surface area contributed by atoms with Gasteiger partial charge in [0.05, 0.1) is 13.7 Å². The largest absolute Gasteiger partial charge is 0.497 e. The van der Waals surface area contributed by atoms with Crippen LogP contribution in [0.4, 0.5) is 0 Å². The SMILES string of the molecule is CCC1CCCCN1C(=O)COC(=O)CCCOc1ccc(OC)cc1. The maximum absolute atomic E-state index is 12.3. The Bertz CT molecular complexity index is 572. The Morgan fingerprint density at radius 1 is 1.15 bits per heavy atom. The summed E-state index contributed by atoms with van der Waals surface area (Å²) in [5, 5.41) is 0. The lowest BCUT2D eigenvalue weighted by atomic mass is 10.00. The van der Waals surface area contributed by atoms with Gasteiger partial charge in [-0.25, -0.2) is 0 Å². The number of esters is 1. The molecule has 1 aliphatic heterocycles. The first-order valence-corrected chi connectivity index (χ1v) is 9.36. The van der Waals surface area contributed by atoms with Gasteiger partial charge in [0.25, 0.3) is 5.91 Å². The quantitative estimate of drug-likeness (QED) is 0.498. The molecule has 0 radical (unpaired) electrons. The molecular weight excluding hydrogens is 334 g/mol. The summed E-state index contributed by atoms with van der Waals surface area (Å²) in [4.78, 5) is 25.9. The van der Waals surface area contributed by atoms with Crippen molar-refractivity contribution in [3.05, 3.63) is 24.3 Å². The van der Waals surface area contributed by atoms with Crippen LogP contribution in [0.15, 0.2) is 24.3 Å². The van der Waals surface area contributed by atoms with Crippen molar-refractivity contribution in [2.24, 2.45) is 0 Å². The number of benzene rings is 1. The highest BCUT2D eigenvalue weighted by molar-refractivity contribution is 5.81. The number of nitrogens with zero attached hydrogens (tertiary/aromatic N) is 1. The van der Waals surface area contributed by atoms with E-state index in [1.165, 1.54) is 0 Å². The number of ether oxygens (including phenoxy) is 3. The van der Waals surface area contributed by atoms with Crippen molar-refractivity contribution in [1.82, 2.24) is 4.90 Å². The molecule has 1 fully saturated rings. The van der Waals surface area contributed by atoms with Crippen molar-refractivity contribution in [2.45, 2.75) is 51.5 Å². The number of rotatable bonds is 9. The Balaban J connectivity index is 1.61. The van der Waals surface area contributed by atoms with Gasteiger partial charge in [0, 0.05) is 19.0 Å². The molecule has 1 unspecified atom stereocenters. The van der Waals surface area contributed by atoms with Gasteiger partial charge >= 0.3 is 5.97 Å². The molecule has 0 aromatic heterocycles. The molecule has 6 nitrogen and oxygen atoms in total. The fourth-order valence-corrected chi connectivity index (χ4v) is 3.13. The van der Waals surface area contributed by atoms with Crippen LogP contribution in [-0.4, -0.2) is 49.7 Å². The van der Waals surface area contributed by atoms with Gasteiger partial charge in [0.2, 0.25) is 0 Å². The van der Waals surface area contributed by atoms with Crippen molar-refractivity contribution in [1.29, 1.82) is 0 Å². The van der Waals surface area contributed by atoms with E-state index in [1.54, 1.807) is 7.11 Å². The number of piperidine rings is 1.